The zero-order valence-corrected chi connectivity index (χ0v) is 19.3. The first-order valence-corrected chi connectivity index (χ1v) is 10.5. The summed E-state index contributed by atoms with van der Waals surface area (Å²) in [6.07, 6.45) is 0. The van der Waals surface area contributed by atoms with Crippen molar-refractivity contribution in [3.05, 3.63) is 98.6 Å². The van der Waals surface area contributed by atoms with Crippen LogP contribution in [0.4, 0.5) is 11.4 Å². The van der Waals surface area contributed by atoms with Crippen LogP contribution >= 0.6 is 12.2 Å². The molecule has 0 saturated carbocycles. The van der Waals surface area contributed by atoms with Crippen molar-refractivity contribution in [2.45, 2.75) is 27.4 Å². The minimum atomic E-state index is -0.479. The van der Waals surface area contributed by atoms with Gasteiger partial charge in [-0.25, -0.2) is 0 Å². The Morgan fingerprint density at radius 3 is 2.45 bits per heavy atom. The second-order valence-electron chi connectivity index (χ2n) is 7.57. The maximum Gasteiger partial charge on any atom is 0.311 e. The highest BCUT2D eigenvalue weighted by atomic mass is 32.1. The van der Waals surface area contributed by atoms with Crippen LogP contribution in [-0.2, 0) is 6.61 Å². The predicted octanol–water partition coefficient (Wildman–Crippen LogP) is 4.73. The molecule has 170 valence electrons. The number of hydrazine groups is 1. The van der Waals surface area contributed by atoms with Gasteiger partial charge in [0.05, 0.1) is 4.92 Å². The number of amides is 1. The first-order valence-electron chi connectivity index (χ1n) is 10.1. The molecule has 1 amide bonds. The lowest BCUT2D eigenvalue weighted by atomic mass is 10.1. The molecule has 0 unspecified atom stereocenters. The minimum absolute atomic E-state index is 0.0745. The summed E-state index contributed by atoms with van der Waals surface area (Å²) >= 11 is 5.25. The fourth-order valence-corrected chi connectivity index (χ4v) is 3.31. The lowest BCUT2D eigenvalue weighted by Crippen LogP contribution is -2.43. The molecule has 0 aliphatic heterocycles. The number of benzene rings is 3. The van der Waals surface area contributed by atoms with Crippen molar-refractivity contribution in [1.82, 2.24) is 10.9 Å². The molecule has 0 bridgehead atoms. The molecule has 0 saturated heterocycles. The number of anilines is 1. The van der Waals surface area contributed by atoms with Crippen LogP contribution in [0.5, 0.6) is 5.75 Å². The number of aryl methyl sites for hydroxylation is 3. The van der Waals surface area contributed by atoms with E-state index in [0.717, 1.165) is 22.4 Å². The maximum atomic E-state index is 12.5. The first kappa shape index (κ1) is 23.7. The molecule has 0 fully saturated rings. The van der Waals surface area contributed by atoms with Gasteiger partial charge in [0.2, 0.25) is 0 Å². The Bertz CT molecular complexity index is 1210. The summed E-state index contributed by atoms with van der Waals surface area (Å²) in [6, 6.07) is 17.5. The second kappa shape index (κ2) is 10.6. The van der Waals surface area contributed by atoms with E-state index in [0.29, 0.717) is 11.1 Å². The van der Waals surface area contributed by atoms with Gasteiger partial charge in [0.15, 0.2) is 10.9 Å². The monoisotopic (exact) mass is 464 g/mol. The standard InChI is InChI=1S/C24H24N4O4S/c1-15-7-9-20(17(3)11-15)25-24(33)27-26-23(29)19-6-4-5-18(13-19)14-32-22-10-8-16(2)12-21(22)28(30)31/h4-13H,14H2,1-3H3,(H,26,29)(H2,25,27,33). The highest BCUT2D eigenvalue weighted by molar-refractivity contribution is 7.80. The highest BCUT2D eigenvalue weighted by Crippen LogP contribution is 2.28. The predicted molar refractivity (Wildman–Crippen MR) is 131 cm³/mol. The summed E-state index contributed by atoms with van der Waals surface area (Å²) < 4.78 is 5.64. The summed E-state index contributed by atoms with van der Waals surface area (Å²) in [5.74, 6) is -0.215. The Kier molecular flexibility index (Phi) is 7.57. The zero-order chi connectivity index (χ0) is 24.0. The summed E-state index contributed by atoms with van der Waals surface area (Å²) in [4.78, 5) is 23.3. The number of nitrogens with one attached hydrogen (secondary N) is 3. The molecule has 0 heterocycles. The number of hydrogen-bond donors (Lipinski definition) is 3. The van der Waals surface area contributed by atoms with Crippen LogP contribution < -0.4 is 20.9 Å². The van der Waals surface area contributed by atoms with E-state index in [1.807, 2.05) is 32.0 Å². The number of rotatable bonds is 6. The molecule has 3 aromatic rings. The van der Waals surface area contributed by atoms with E-state index in [-0.39, 0.29) is 29.1 Å². The second-order valence-corrected chi connectivity index (χ2v) is 7.98. The summed E-state index contributed by atoms with van der Waals surface area (Å²) in [5, 5.41) is 14.5. The van der Waals surface area contributed by atoms with E-state index in [1.54, 1.807) is 43.3 Å². The van der Waals surface area contributed by atoms with Crippen molar-refractivity contribution in [3.8, 4) is 5.75 Å². The quantitative estimate of drug-likeness (QED) is 0.275. The molecule has 3 aromatic carbocycles. The molecule has 0 aliphatic rings. The van der Waals surface area contributed by atoms with Crippen LogP contribution in [0, 0.1) is 30.9 Å². The van der Waals surface area contributed by atoms with Gasteiger partial charge < -0.3 is 10.1 Å². The van der Waals surface area contributed by atoms with E-state index in [4.69, 9.17) is 17.0 Å². The van der Waals surface area contributed by atoms with Gasteiger partial charge in [0.25, 0.3) is 5.91 Å². The van der Waals surface area contributed by atoms with Crippen molar-refractivity contribution >= 4 is 34.6 Å². The molecule has 8 nitrogen and oxygen atoms in total. The third-order valence-corrected chi connectivity index (χ3v) is 5.02. The minimum Gasteiger partial charge on any atom is -0.482 e. The van der Waals surface area contributed by atoms with Gasteiger partial charge >= 0.3 is 5.69 Å². The van der Waals surface area contributed by atoms with Crippen LogP contribution in [0.1, 0.15) is 32.6 Å². The molecule has 3 rings (SSSR count). The number of hydrogen-bond acceptors (Lipinski definition) is 5. The number of carbonyl (C=O) groups is 1. The average Bonchev–Trinajstić information content (AvgIpc) is 2.78. The number of thiocarbonyl (C=S) groups is 1. The molecule has 9 heteroatoms. The van der Waals surface area contributed by atoms with E-state index >= 15 is 0 Å². The molecular weight excluding hydrogens is 440 g/mol. The Morgan fingerprint density at radius 1 is 1.00 bits per heavy atom. The van der Waals surface area contributed by atoms with Crippen molar-refractivity contribution in [2.24, 2.45) is 0 Å². The zero-order valence-electron chi connectivity index (χ0n) is 18.5. The van der Waals surface area contributed by atoms with Gasteiger partial charge in [-0.15, -0.1) is 0 Å². The number of ether oxygens (including phenoxy) is 1. The van der Waals surface area contributed by atoms with Crippen LogP contribution in [0.15, 0.2) is 60.7 Å². The lowest BCUT2D eigenvalue weighted by Gasteiger charge is -2.14. The highest BCUT2D eigenvalue weighted by Gasteiger charge is 2.15. The Labute approximate surface area is 197 Å². The number of nitrogens with zero attached hydrogens (tertiary/aromatic N) is 1. The van der Waals surface area contributed by atoms with E-state index in [2.05, 4.69) is 16.2 Å². The fraction of sp³-hybridized carbons (Fsp3) is 0.167. The first-order chi connectivity index (χ1) is 15.7. The van der Waals surface area contributed by atoms with Crippen LogP contribution in [0.25, 0.3) is 0 Å². The van der Waals surface area contributed by atoms with E-state index in [1.165, 1.54) is 6.07 Å². The van der Waals surface area contributed by atoms with Crippen LogP contribution in [0.3, 0.4) is 0 Å². The lowest BCUT2D eigenvalue weighted by molar-refractivity contribution is -0.386. The number of carbonyl (C=O) groups excluding carboxylic acids is 1. The number of nitro groups is 1. The van der Waals surface area contributed by atoms with Crippen molar-refractivity contribution in [1.29, 1.82) is 0 Å². The Morgan fingerprint density at radius 2 is 1.73 bits per heavy atom. The van der Waals surface area contributed by atoms with Gasteiger partial charge in [0.1, 0.15) is 6.61 Å². The normalized spacial score (nSPS) is 10.3. The van der Waals surface area contributed by atoms with E-state index in [9.17, 15) is 14.9 Å². The van der Waals surface area contributed by atoms with Gasteiger partial charge in [-0.3, -0.25) is 25.8 Å². The Balaban J connectivity index is 1.58. The van der Waals surface area contributed by atoms with E-state index < -0.39 is 4.92 Å². The molecule has 0 atom stereocenters. The molecule has 0 radical (unpaired) electrons. The molecule has 33 heavy (non-hydrogen) atoms. The van der Waals surface area contributed by atoms with Crippen molar-refractivity contribution < 1.29 is 14.5 Å². The van der Waals surface area contributed by atoms with Crippen molar-refractivity contribution in [3.63, 3.8) is 0 Å². The fourth-order valence-electron chi connectivity index (χ4n) is 3.15. The molecule has 3 N–H and O–H groups in total. The molecule has 0 spiro atoms. The largest absolute Gasteiger partial charge is 0.482 e. The van der Waals surface area contributed by atoms with Gasteiger partial charge in [-0.05, 0) is 73.9 Å². The van der Waals surface area contributed by atoms with Gasteiger partial charge in [-0.1, -0.05) is 35.9 Å². The SMILES string of the molecule is Cc1ccc(NC(=S)NNC(=O)c2cccc(COc3ccc(C)cc3[N+](=O)[O-])c2)c(C)c1. The molecule has 0 aromatic heterocycles. The van der Waals surface area contributed by atoms with Crippen LogP contribution in [-0.4, -0.2) is 15.9 Å². The average molecular weight is 465 g/mol. The summed E-state index contributed by atoms with van der Waals surface area (Å²) in [7, 11) is 0. The Hall–Kier alpha value is -3.98. The third kappa shape index (κ3) is 6.50. The van der Waals surface area contributed by atoms with Crippen LogP contribution in [0.2, 0.25) is 0 Å². The summed E-state index contributed by atoms with van der Waals surface area (Å²) in [6.45, 7) is 5.82. The maximum absolute atomic E-state index is 12.5. The topological polar surface area (TPSA) is 106 Å². The third-order valence-electron chi connectivity index (χ3n) is 4.81. The molecule has 0 aliphatic carbocycles. The van der Waals surface area contributed by atoms with Crippen molar-refractivity contribution in [2.75, 3.05) is 5.32 Å². The number of nitro benzene ring substituents is 1. The van der Waals surface area contributed by atoms with Gasteiger partial charge in [-0.2, -0.15) is 0 Å². The van der Waals surface area contributed by atoms with Gasteiger partial charge in [0, 0.05) is 17.3 Å². The smallest absolute Gasteiger partial charge is 0.311 e. The summed E-state index contributed by atoms with van der Waals surface area (Å²) in [5.41, 5.74) is 10.0. The molecular formula is C24H24N4O4S.